The van der Waals surface area contributed by atoms with Crippen LogP contribution in [-0.4, -0.2) is 49.1 Å². The van der Waals surface area contributed by atoms with Crippen LogP contribution in [0.5, 0.6) is 0 Å². The van der Waals surface area contributed by atoms with Crippen molar-refractivity contribution in [1.82, 2.24) is 10.2 Å². The van der Waals surface area contributed by atoms with Crippen LogP contribution in [0.4, 0.5) is 5.69 Å². The zero-order valence-electron chi connectivity index (χ0n) is 18.2. The molecule has 0 aromatic heterocycles. The van der Waals surface area contributed by atoms with Gasteiger partial charge in [0.2, 0.25) is 5.91 Å². The third kappa shape index (κ3) is 5.33. The minimum Gasteiger partial charge on any atom is -0.349 e. The van der Waals surface area contributed by atoms with Gasteiger partial charge in [-0.2, -0.15) is 5.10 Å². The number of carbonyl (C=O) groups is 2. The second-order valence-corrected chi connectivity index (χ2v) is 8.06. The SMILES string of the molecule is Cc1ccc(C)c(N2N=C(C(=O)NCC(Cc3ccccc3)N(C)C)CCC2=O)c1. The minimum absolute atomic E-state index is 0.0875. The Balaban J connectivity index is 1.70. The second kappa shape index (κ2) is 9.67. The van der Waals surface area contributed by atoms with E-state index in [-0.39, 0.29) is 24.3 Å². The summed E-state index contributed by atoms with van der Waals surface area (Å²) in [5, 5.41) is 8.82. The molecule has 0 saturated heterocycles. The molecule has 0 aliphatic carbocycles. The first kappa shape index (κ1) is 21.7. The summed E-state index contributed by atoms with van der Waals surface area (Å²) in [6.45, 7) is 4.43. The van der Waals surface area contributed by atoms with Crippen LogP contribution in [0.15, 0.2) is 53.6 Å². The fourth-order valence-electron chi connectivity index (χ4n) is 3.49. The monoisotopic (exact) mass is 406 g/mol. The lowest BCUT2D eigenvalue weighted by Crippen LogP contribution is -2.45. The van der Waals surface area contributed by atoms with Crippen molar-refractivity contribution in [3.8, 4) is 0 Å². The lowest BCUT2D eigenvalue weighted by Gasteiger charge is -2.27. The Labute approximate surface area is 178 Å². The molecule has 0 radical (unpaired) electrons. The van der Waals surface area contributed by atoms with Gasteiger partial charge >= 0.3 is 0 Å². The number of aryl methyl sites for hydroxylation is 2. The van der Waals surface area contributed by atoms with Crippen molar-refractivity contribution in [2.75, 3.05) is 25.6 Å². The molecule has 1 heterocycles. The van der Waals surface area contributed by atoms with Crippen LogP contribution in [0.2, 0.25) is 0 Å². The van der Waals surface area contributed by atoms with Crippen LogP contribution in [-0.2, 0) is 16.0 Å². The van der Waals surface area contributed by atoms with E-state index < -0.39 is 0 Å². The average Bonchev–Trinajstić information content (AvgIpc) is 2.73. The number of nitrogens with zero attached hydrogens (tertiary/aromatic N) is 3. The quantitative estimate of drug-likeness (QED) is 0.769. The first-order chi connectivity index (χ1) is 14.3. The smallest absolute Gasteiger partial charge is 0.267 e. The van der Waals surface area contributed by atoms with Gasteiger partial charge in [0.25, 0.3) is 5.91 Å². The number of nitrogens with one attached hydrogen (secondary N) is 1. The highest BCUT2D eigenvalue weighted by molar-refractivity contribution is 6.40. The van der Waals surface area contributed by atoms with Gasteiger partial charge in [-0.3, -0.25) is 9.59 Å². The van der Waals surface area contributed by atoms with Crippen molar-refractivity contribution in [3.63, 3.8) is 0 Å². The summed E-state index contributed by atoms with van der Waals surface area (Å²) in [6, 6.07) is 16.3. The Morgan fingerprint density at radius 3 is 2.57 bits per heavy atom. The maximum absolute atomic E-state index is 12.8. The summed E-state index contributed by atoms with van der Waals surface area (Å²) in [6.07, 6.45) is 1.48. The Kier molecular flexibility index (Phi) is 7.00. The number of likely N-dealkylation sites (N-methyl/N-ethyl adjacent to an activating group) is 1. The van der Waals surface area contributed by atoms with E-state index in [2.05, 4.69) is 27.5 Å². The van der Waals surface area contributed by atoms with Gasteiger partial charge in [0.05, 0.1) is 5.69 Å². The molecular formula is C24H30N4O2. The van der Waals surface area contributed by atoms with Crippen LogP contribution in [0, 0.1) is 13.8 Å². The van der Waals surface area contributed by atoms with Gasteiger partial charge < -0.3 is 10.2 Å². The van der Waals surface area contributed by atoms with E-state index in [0.717, 1.165) is 23.2 Å². The predicted molar refractivity (Wildman–Crippen MR) is 121 cm³/mol. The number of carbonyl (C=O) groups excluding carboxylic acids is 2. The zero-order chi connectivity index (χ0) is 21.7. The molecule has 6 heteroatoms. The molecule has 30 heavy (non-hydrogen) atoms. The number of hydrazone groups is 1. The fraction of sp³-hybridized carbons (Fsp3) is 0.375. The van der Waals surface area contributed by atoms with E-state index in [1.807, 2.05) is 64.3 Å². The molecule has 1 aliphatic heterocycles. The molecule has 0 bridgehead atoms. The molecule has 2 aromatic carbocycles. The zero-order valence-corrected chi connectivity index (χ0v) is 18.2. The first-order valence-corrected chi connectivity index (χ1v) is 10.3. The lowest BCUT2D eigenvalue weighted by molar-refractivity contribution is -0.119. The van der Waals surface area contributed by atoms with Crippen LogP contribution >= 0.6 is 0 Å². The predicted octanol–water partition coefficient (Wildman–Crippen LogP) is 3.08. The molecule has 3 rings (SSSR count). The van der Waals surface area contributed by atoms with Crippen molar-refractivity contribution >= 4 is 23.2 Å². The Morgan fingerprint density at radius 1 is 1.13 bits per heavy atom. The third-order valence-electron chi connectivity index (χ3n) is 5.43. The van der Waals surface area contributed by atoms with E-state index >= 15 is 0 Å². The molecular weight excluding hydrogens is 376 g/mol. The van der Waals surface area contributed by atoms with Crippen molar-refractivity contribution in [1.29, 1.82) is 0 Å². The molecule has 158 valence electrons. The maximum atomic E-state index is 12.8. The summed E-state index contributed by atoms with van der Waals surface area (Å²) in [7, 11) is 4.03. The number of anilines is 1. The normalized spacial score (nSPS) is 15.2. The van der Waals surface area contributed by atoms with Crippen molar-refractivity contribution < 1.29 is 9.59 Å². The van der Waals surface area contributed by atoms with E-state index in [4.69, 9.17) is 0 Å². The summed E-state index contributed by atoms with van der Waals surface area (Å²) < 4.78 is 0. The molecule has 2 aromatic rings. The molecule has 1 unspecified atom stereocenters. The maximum Gasteiger partial charge on any atom is 0.267 e. The second-order valence-electron chi connectivity index (χ2n) is 8.06. The van der Waals surface area contributed by atoms with Gasteiger partial charge in [-0.05, 0) is 57.1 Å². The first-order valence-electron chi connectivity index (χ1n) is 10.3. The Hall–Kier alpha value is -2.99. The molecule has 0 fully saturated rings. The molecule has 1 N–H and O–H groups in total. The number of benzene rings is 2. The summed E-state index contributed by atoms with van der Waals surface area (Å²) in [4.78, 5) is 27.4. The van der Waals surface area contributed by atoms with E-state index in [9.17, 15) is 9.59 Å². The summed E-state index contributed by atoms with van der Waals surface area (Å²) >= 11 is 0. The minimum atomic E-state index is -0.210. The van der Waals surface area contributed by atoms with E-state index in [0.29, 0.717) is 18.7 Å². The summed E-state index contributed by atoms with van der Waals surface area (Å²) in [5.74, 6) is -0.298. The van der Waals surface area contributed by atoms with Crippen LogP contribution in [0.1, 0.15) is 29.5 Å². The van der Waals surface area contributed by atoms with Crippen molar-refractivity contribution in [3.05, 3.63) is 65.2 Å². The van der Waals surface area contributed by atoms with Gasteiger partial charge in [-0.1, -0.05) is 42.5 Å². The largest absolute Gasteiger partial charge is 0.349 e. The molecule has 0 saturated carbocycles. The lowest BCUT2D eigenvalue weighted by atomic mass is 10.0. The van der Waals surface area contributed by atoms with Gasteiger partial charge in [0.15, 0.2) is 0 Å². The Bertz CT molecular complexity index is 937. The summed E-state index contributed by atoms with van der Waals surface area (Å²) in [5.41, 5.74) is 4.36. The standard InChI is InChI=1S/C24H30N4O2/c1-17-10-11-18(2)22(14-17)28-23(29)13-12-21(26-28)24(30)25-16-20(27(3)4)15-19-8-6-5-7-9-19/h5-11,14,20H,12-13,15-16H2,1-4H3,(H,25,30). The third-order valence-corrected chi connectivity index (χ3v) is 5.43. The van der Waals surface area contributed by atoms with Gasteiger partial charge in [0, 0.05) is 25.4 Å². The molecule has 1 atom stereocenters. The van der Waals surface area contributed by atoms with Gasteiger partial charge in [-0.15, -0.1) is 0 Å². The number of rotatable bonds is 7. The Morgan fingerprint density at radius 2 is 1.87 bits per heavy atom. The van der Waals surface area contributed by atoms with Crippen molar-refractivity contribution in [2.45, 2.75) is 39.2 Å². The molecule has 1 aliphatic rings. The molecule has 0 spiro atoms. The highest BCUT2D eigenvalue weighted by Gasteiger charge is 2.27. The molecule has 2 amide bonds. The molecule has 6 nitrogen and oxygen atoms in total. The van der Waals surface area contributed by atoms with Gasteiger partial charge in [0.1, 0.15) is 5.71 Å². The number of hydrogen-bond donors (Lipinski definition) is 1. The highest BCUT2D eigenvalue weighted by Crippen LogP contribution is 2.25. The van der Waals surface area contributed by atoms with E-state index in [1.165, 1.54) is 10.6 Å². The van der Waals surface area contributed by atoms with Crippen LogP contribution < -0.4 is 10.3 Å². The van der Waals surface area contributed by atoms with E-state index in [1.54, 1.807) is 0 Å². The highest BCUT2D eigenvalue weighted by atomic mass is 16.2. The van der Waals surface area contributed by atoms with Crippen molar-refractivity contribution in [2.24, 2.45) is 5.10 Å². The average molecular weight is 407 g/mol. The van der Waals surface area contributed by atoms with Crippen LogP contribution in [0.25, 0.3) is 0 Å². The number of hydrogen-bond acceptors (Lipinski definition) is 4. The fourth-order valence-corrected chi connectivity index (χ4v) is 3.49. The topological polar surface area (TPSA) is 65.0 Å². The van der Waals surface area contributed by atoms with Gasteiger partial charge in [-0.25, -0.2) is 5.01 Å². The number of amides is 2. The van der Waals surface area contributed by atoms with Crippen LogP contribution in [0.3, 0.4) is 0 Å².